The Morgan fingerprint density at radius 1 is 1.08 bits per heavy atom. The van der Waals surface area contributed by atoms with Gasteiger partial charge in [-0.25, -0.2) is 17.5 Å². The van der Waals surface area contributed by atoms with E-state index in [0.29, 0.717) is 0 Å². The Balaban J connectivity index is 1.69. The van der Waals surface area contributed by atoms with Crippen LogP contribution >= 0.6 is 0 Å². The van der Waals surface area contributed by atoms with E-state index in [1.54, 1.807) is 0 Å². The second-order valence-corrected chi connectivity index (χ2v) is 7.95. The van der Waals surface area contributed by atoms with Gasteiger partial charge in [0.25, 0.3) is 0 Å². The molecule has 0 fully saturated rings. The Morgan fingerprint density at radius 3 is 2.58 bits per heavy atom. The van der Waals surface area contributed by atoms with Crippen LogP contribution in [0, 0.1) is 12.7 Å². The number of fused-ring (bicyclic) bond motifs is 1. The summed E-state index contributed by atoms with van der Waals surface area (Å²) in [5, 5.41) is 12.4. The zero-order valence-corrected chi connectivity index (χ0v) is 15.1. The van der Waals surface area contributed by atoms with Crippen molar-refractivity contribution in [2.45, 2.75) is 24.3 Å². The van der Waals surface area contributed by atoms with E-state index in [-0.39, 0.29) is 23.4 Å². The van der Waals surface area contributed by atoms with Crippen LogP contribution in [0.15, 0.2) is 65.6 Å². The van der Waals surface area contributed by atoms with Gasteiger partial charge in [0.2, 0.25) is 10.0 Å². The van der Waals surface area contributed by atoms with E-state index < -0.39 is 21.9 Å². The summed E-state index contributed by atoms with van der Waals surface area (Å²) in [6.45, 7) is 1.59. The summed E-state index contributed by atoms with van der Waals surface area (Å²) in [5.74, 6) is -0.449. The van der Waals surface area contributed by atoms with Crippen molar-refractivity contribution in [2.24, 2.45) is 0 Å². The number of hydrogen-bond acceptors (Lipinski definition) is 3. The maximum atomic E-state index is 13.3. The minimum absolute atomic E-state index is 0.0102. The smallest absolute Gasteiger partial charge is 0.240 e. The van der Waals surface area contributed by atoms with Crippen LogP contribution in [0.25, 0.3) is 10.8 Å². The zero-order valence-electron chi connectivity index (χ0n) is 14.3. The van der Waals surface area contributed by atoms with E-state index in [1.165, 1.54) is 19.1 Å². The fourth-order valence-electron chi connectivity index (χ4n) is 2.89. The highest BCUT2D eigenvalue weighted by Crippen LogP contribution is 2.26. The lowest BCUT2D eigenvalue weighted by atomic mass is 9.99. The van der Waals surface area contributed by atoms with Crippen molar-refractivity contribution in [3.05, 3.63) is 77.6 Å². The van der Waals surface area contributed by atoms with Crippen molar-refractivity contribution in [3.8, 4) is 0 Å². The average molecular weight is 373 g/mol. The molecule has 3 aromatic carbocycles. The Morgan fingerprint density at radius 2 is 1.81 bits per heavy atom. The third-order valence-corrected chi connectivity index (χ3v) is 5.79. The molecule has 0 aliphatic heterocycles. The van der Waals surface area contributed by atoms with Crippen LogP contribution in [0.5, 0.6) is 0 Å². The fourth-order valence-corrected chi connectivity index (χ4v) is 4.03. The molecular weight excluding hydrogens is 353 g/mol. The number of aliphatic hydroxyl groups excluding tert-OH is 1. The summed E-state index contributed by atoms with van der Waals surface area (Å²) in [4.78, 5) is 0.0102. The minimum atomic E-state index is -3.75. The number of hydrogen-bond donors (Lipinski definition) is 2. The topological polar surface area (TPSA) is 66.4 Å². The van der Waals surface area contributed by atoms with Crippen molar-refractivity contribution in [2.75, 3.05) is 6.54 Å². The van der Waals surface area contributed by atoms with Crippen LogP contribution < -0.4 is 4.72 Å². The molecule has 136 valence electrons. The van der Waals surface area contributed by atoms with E-state index in [1.807, 2.05) is 42.5 Å². The van der Waals surface area contributed by atoms with Crippen LogP contribution in [0.1, 0.15) is 23.7 Å². The number of rotatable bonds is 6. The third kappa shape index (κ3) is 3.93. The monoisotopic (exact) mass is 373 g/mol. The van der Waals surface area contributed by atoms with Gasteiger partial charge >= 0.3 is 0 Å². The SMILES string of the molecule is Cc1cc(S(=O)(=O)NCCC(O)c2cccc3ccccc23)ccc1F. The second kappa shape index (κ2) is 7.53. The summed E-state index contributed by atoms with van der Waals surface area (Å²) >= 11 is 0. The molecule has 4 nitrogen and oxygen atoms in total. The quantitative estimate of drug-likeness (QED) is 0.693. The molecule has 0 aromatic heterocycles. The first kappa shape index (κ1) is 18.5. The molecule has 0 heterocycles. The normalized spacial score (nSPS) is 13.0. The highest BCUT2D eigenvalue weighted by atomic mass is 32.2. The Hall–Kier alpha value is -2.28. The van der Waals surface area contributed by atoms with Crippen LogP contribution in [0.3, 0.4) is 0 Å². The van der Waals surface area contributed by atoms with Gasteiger partial charge in [-0.3, -0.25) is 0 Å². The highest BCUT2D eigenvalue weighted by Gasteiger charge is 2.17. The lowest BCUT2D eigenvalue weighted by Gasteiger charge is -2.14. The molecule has 1 unspecified atom stereocenters. The van der Waals surface area contributed by atoms with Crippen molar-refractivity contribution < 1.29 is 17.9 Å². The number of aryl methyl sites for hydroxylation is 1. The highest BCUT2D eigenvalue weighted by molar-refractivity contribution is 7.89. The van der Waals surface area contributed by atoms with E-state index in [4.69, 9.17) is 0 Å². The average Bonchev–Trinajstić information content (AvgIpc) is 2.63. The molecular formula is C20H20FNO3S. The third-order valence-electron chi connectivity index (χ3n) is 4.33. The molecule has 0 amide bonds. The van der Waals surface area contributed by atoms with E-state index >= 15 is 0 Å². The zero-order chi connectivity index (χ0) is 18.7. The van der Waals surface area contributed by atoms with Crippen molar-refractivity contribution in [3.63, 3.8) is 0 Å². The second-order valence-electron chi connectivity index (χ2n) is 6.18. The van der Waals surface area contributed by atoms with E-state index in [9.17, 15) is 17.9 Å². The lowest BCUT2D eigenvalue weighted by molar-refractivity contribution is 0.170. The molecule has 2 N–H and O–H groups in total. The van der Waals surface area contributed by atoms with E-state index in [0.717, 1.165) is 22.4 Å². The van der Waals surface area contributed by atoms with Gasteiger partial charge in [-0.1, -0.05) is 42.5 Å². The van der Waals surface area contributed by atoms with Gasteiger partial charge in [0, 0.05) is 6.54 Å². The maximum Gasteiger partial charge on any atom is 0.240 e. The summed E-state index contributed by atoms with van der Waals surface area (Å²) in [7, 11) is -3.75. The minimum Gasteiger partial charge on any atom is -0.388 e. The summed E-state index contributed by atoms with van der Waals surface area (Å²) in [6, 6.07) is 17.0. The van der Waals surface area contributed by atoms with E-state index in [2.05, 4.69) is 4.72 Å². The van der Waals surface area contributed by atoms with Crippen LogP contribution in [-0.4, -0.2) is 20.1 Å². The molecule has 6 heteroatoms. The van der Waals surface area contributed by atoms with Gasteiger partial charge in [-0.05, 0) is 53.4 Å². The molecule has 26 heavy (non-hydrogen) atoms. The van der Waals surface area contributed by atoms with Gasteiger partial charge in [-0.2, -0.15) is 0 Å². The fraction of sp³-hybridized carbons (Fsp3) is 0.200. The van der Waals surface area contributed by atoms with Gasteiger partial charge in [0.1, 0.15) is 5.82 Å². The summed E-state index contributed by atoms with van der Waals surface area (Å²) in [6.07, 6.45) is -0.563. The molecule has 0 saturated heterocycles. The van der Waals surface area contributed by atoms with Gasteiger partial charge < -0.3 is 5.11 Å². The molecule has 3 rings (SSSR count). The molecule has 0 aliphatic rings. The van der Waals surface area contributed by atoms with Crippen LogP contribution in [-0.2, 0) is 10.0 Å². The largest absolute Gasteiger partial charge is 0.388 e. The maximum absolute atomic E-state index is 13.3. The number of halogens is 1. The molecule has 0 aliphatic carbocycles. The molecule has 3 aromatic rings. The Labute approximate surface area is 152 Å². The summed E-state index contributed by atoms with van der Waals surface area (Å²) in [5.41, 5.74) is 1.03. The number of benzene rings is 3. The Kier molecular flexibility index (Phi) is 5.36. The Bertz CT molecular complexity index is 1030. The molecule has 1 atom stereocenters. The van der Waals surface area contributed by atoms with Gasteiger partial charge in [-0.15, -0.1) is 0 Å². The van der Waals surface area contributed by atoms with Crippen molar-refractivity contribution in [1.29, 1.82) is 0 Å². The first-order valence-corrected chi connectivity index (χ1v) is 9.78. The number of nitrogens with one attached hydrogen (secondary N) is 1. The van der Waals surface area contributed by atoms with Crippen LogP contribution in [0.4, 0.5) is 4.39 Å². The van der Waals surface area contributed by atoms with Crippen LogP contribution in [0.2, 0.25) is 0 Å². The summed E-state index contributed by atoms with van der Waals surface area (Å²) < 4.78 is 40.4. The predicted octanol–water partition coefficient (Wildman–Crippen LogP) is 3.69. The van der Waals surface area contributed by atoms with Crippen molar-refractivity contribution in [1.82, 2.24) is 4.72 Å². The molecule has 0 saturated carbocycles. The number of sulfonamides is 1. The first-order valence-electron chi connectivity index (χ1n) is 8.30. The van der Waals surface area contributed by atoms with Gasteiger partial charge in [0.05, 0.1) is 11.0 Å². The van der Waals surface area contributed by atoms with Gasteiger partial charge in [0.15, 0.2) is 0 Å². The molecule has 0 bridgehead atoms. The first-order chi connectivity index (χ1) is 12.4. The predicted molar refractivity (Wildman–Crippen MR) is 99.9 cm³/mol. The number of aliphatic hydroxyl groups is 1. The molecule has 0 radical (unpaired) electrons. The van der Waals surface area contributed by atoms with Crippen molar-refractivity contribution >= 4 is 20.8 Å². The lowest BCUT2D eigenvalue weighted by Crippen LogP contribution is -2.26. The standard InChI is InChI=1S/C20H20FNO3S/c1-14-13-16(9-10-19(14)21)26(24,25)22-12-11-20(23)18-8-4-6-15-5-2-3-7-17(15)18/h2-10,13,20,22-23H,11-12H2,1H3. The molecule has 0 spiro atoms.